The zero-order valence-corrected chi connectivity index (χ0v) is 13.7. The summed E-state index contributed by atoms with van der Waals surface area (Å²) in [5.74, 6) is -0.786. The molecule has 0 aliphatic rings. The Balaban J connectivity index is 2.87. The van der Waals surface area contributed by atoms with E-state index < -0.39 is 20.7 Å². The molecule has 0 atom stereocenters. The molecule has 0 aliphatic heterocycles. The maximum Gasteiger partial charge on any atom is 0.243 e. The summed E-state index contributed by atoms with van der Waals surface area (Å²) in [4.78, 5) is -0.434. The molecule has 120 valence electrons. The average Bonchev–Trinajstić information content (AvgIpc) is 2.42. The fourth-order valence-electron chi connectivity index (χ4n) is 1.74. The van der Waals surface area contributed by atoms with Gasteiger partial charge in [-0.25, -0.2) is 17.5 Å². The summed E-state index contributed by atoms with van der Waals surface area (Å²) in [7, 11) is -2.29. The molecule has 0 radical (unpaired) electrons. The van der Waals surface area contributed by atoms with Crippen LogP contribution in [-0.4, -0.2) is 35.2 Å². The van der Waals surface area contributed by atoms with Gasteiger partial charge < -0.3 is 10.1 Å². The van der Waals surface area contributed by atoms with Gasteiger partial charge in [0, 0.05) is 36.9 Å². The fourth-order valence-corrected chi connectivity index (χ4v) is 3.26. The molecule has 2 N–H and O–H groups in total. The SMILES string of the molecule is CCOCCCNS(=O)(=O)c1cc(Cl)cc(CNC)c1F. The van der Waals surface area contributed by atoms with E-state index in [2.05, 4.69) is 10.0 Å². The van der Waals surface area contributed by atoms with Crippen LogP contribution in [0.1, 0.15) is 18.9 Å². The summed E-state index contributed by atoms with van der Waals surface area (Å²) in [6.45, 7) is 3.24. The highest BCUT2D eigenvalue weighted by molar-refractivity contribution is 7.89. The molecule has 0 bridgehead atoms. The van der Waals surface area contributed by atoms with Crippen LogP contribution in [0.3, 0.4) is 0 Å². The smallest absolute Gasteiger partial charge is 0.243 e. The zero-order valence-electron chi connectivity index (χ0n) is 12.1. The lowest BCUT2D eigenvalue weighted by Crippen LogP contribution is -2.27. The molecule has 0 saturated carbocycles. The topological polar surface area (TPSA) is 67.4 Å². The molecule has 0 saturated heterocycles. The van der Waals surface area contributed by atoms with E-state index >= 15 is 0 Å². The first kappa shape index (κ1) is 18.3. The Hall–Kier alpha value is -0.730. The number of hydrogen-bond acceptors (Lipinski definition) is 4. The average molecular weight is 339 g/mol. The number of hydrogen-bond donors (Lipinski definition) is 2. The summed E-state index contributed by atoms with van der Waals surface area (Å²) in [5.41, 5.74) is 0.208. The fraction of sp³-hybridized carbons (Fsp3) is 0.538. The van der Waals surface area contributed by atoms with Gasteiger partial charge in [-0.1, -0.05) is 11.6 Å². The van der Waals surface area contributed by atoms with Gasteiger partial charge in [0.25, 0.3) is 0 Å². The van der Waals surface area contributed by atoms with Crippen molar-refractivity contribution in [1.29, 1.82) is 0 Å². The molecule has 0 unspecified atom stereocenters. The van der Waals surface area contributed by atoms with Gasteiger partial charge in [0.05, 0.1) is 0 Å². The Bertz CT molecular complexity index is 567. The second-order valence-corrected chi connectivity index (χ2v) is 6.53. The number of rotatable bonds is 9. The van der Waals surface area contributed by atoms with Crippen molar-refractivity contribution in [3.05, 3.63) is 28.5 Å². The van der Waals surface area contributed by atoms with Crippen LogP contribution in [0.2, 0.25) is 5.02 Å². The molecule has 21 heavy (non-hydrogen) atoms. The first-order valence-corrected chi connectivity index (χ1v) is 8.48. The van der Waals surface area contributed by atoms with Crippen LogP contribution >= 0.6 is 11.6 Å². The third-order valence-electron chi connectivity index (χ3n) is 2.70. The molecule has 5 nitrogen and oxygen atoms in total. The summed E-state index contributed by atoms with van der Waals surface area (Å²) in [6.07, 6.45) is 0.513. The highest BCUT2D eigenvalue weighted by atomic mass is 35.5. The van der Waals surface area contributed by atoms with Crippen molar-refractivity contribution in [2.45, 2.75) is 24.8 Å². The minimum atomic E-state index is -3.93. The van der Waals surface area contributed by atoms with Gasteiger partial charge in [-0.15, -0.1) is 0 Å². The Morgan fingerprint density at radius 1 is 1.38 bits per heavy atom. The predicted molar refractivity (Wildman–Crippen MR) is 80.5 cm³/mol. The van der Waals surface area contributed by atoms with Crippen molar-refractivity contribution in [2.75, 3.05) is 26.8 Å². The molecule has 0 aromatic heterocycles. The van der Waals surface area contributed by atoms with Gasteiger partial charge in [-0.2, -0.15) is 0 Å². The highest BCUT2D eigenvalue weighted by Gasteiger charge is 2.21. The molecule has 0 amide bonds. The molecule has 0 fully saturated rings. The molecule has 0 aliphatic carbocycles. The molecular formula is C13H20ClFN2O3S. The van der Waals surface area contributed by atoms with Gasteiger partial charge in [-0.3, -0.25) is 0 Å². The Kier molecular flexibility index (Phi) is 7.55. The molecule has 1 aromatic rings. The number of ether oxygens (including phenoxy) is 1. The van der Waals surface area contributed by atoms with Gasteiger partial charge in [0.15, 0.2) is 0 Å². The minimum Gasteiger partial charge on any atom is -0.382 e. The van der Waals surface area contributed by atoms with E-state index in [1.807, 2.05) is 6.92 Å². The molecule has 0 spiro atoms. The van der Waals surface area contributed by atoms with Crippen molar-refractivity contribution in [2.24, 2.45) is 0 Å². The summed E-state index contributed by atoms with van der Waals surface area (Å²) < 4.78 is 45.9. The van der Waals surface area contributed by atoms with Crippen molar-refractivity contribution in [3.8, 4) is 0 Å². The van der Waals surface area contributed by atoms with Gasteiger partial charge in [-0.05, 0) is 32.5 Å². The van der Waals surface area contributed by atoms with E-state index in [1.165, 1.54) is 6.07 Å². The summed E-state index contributed by atoms with van der Waals surface area (Å²) in [6, 6.07) is 2.52. The second-order valence-electron chi connectivity index (χ2n) is 4.36. The molecule has 1 rings (SSSR count). The van der Waals surface area contributed by atoms with Crippen molar-refractivity contribution in [3.63, 3.8) is 0 Å². The standard InChI is InChI=1S/C13H20ClFN2O3S/c1-3-20-6-4-5-17-21(18,19)12-8-11(14)7-10(9-16-2)13(12)15/h7-8,16-17H,3-6,9H2,1-2H3. The van der Waals surface area contributed by atoms with E-state index in [1.54, 1.807) is 7.05 Å². The lowest BCUT2D eigenvalue weighted by molar-refractivity contribution is 0.146. The number of nitrogens with one attached hydrogen (secondary N) is 2. The van der Waals surface area contributed by atoms with Crippen LogP contribution in [0.5, 0.6) is 0 Å². The van der Waals surface area contributed by atoms with E-state index in [0.717, 1.165) is 6.07 Å². The first-order chi connectivity index (χ1) is 9.92. The predicted octanol–water partition coefficient (Wildman–Crippen LogP) is 1.90. The number of sulfonamides is 1. The van der Waals surface area contributed by atoms with Crippen molar-refractivity contribution >= 4 is 21.6 Å². The first-order valence-electron chi connectivity index (χ1n) is 6.62. The number of benzene rings is 1. The minimum absolute atomic E-state index is 0.176. The highest BCUT2D eigenvalue weighted by Crippen LogP contribution is 2.23. The van der Waals surface area contributed by atoms with Crippen LogP contribution in [0.15, 0.2) is 17.0 Å². The van der Waals surface area contributed by atoms with Crippen LogP contribution in [-0.2, 0) is 21.3 Å². The Morgan fingerprint density at radius 2 is 2.10 bits per heavy atom. The zero-order chi connectivity index (χ0) is 15.9. The van der Waals surface area contributed by atoms with E-state index in [9.17, 15) is 12.8 Å². The van der Waals surface area contributed by atoms with Crippen LogP contribution < -0.4 is 10.0 Å². The quantitative estimate of drug-likeness (QED) is 0.675. The van der Waals surface area contributed by atoms with Crippen molar-refractivity contribution in [1.82, 2.24) is 10.0 Å². The Labute approximate surface area is 129 Å². The second kappa shape index (κ2) is 8.65. The van der Waals surface area contributed by atoms with Crippen LogP contribution in [0.25, 0.3) is 0 Å². The third-order valence-corrected chi connectivity index (χ3v) is 4.38. The van der Waals surface area contributed by atoms with E-state index in [0.29, 0.717) is 19.6 Å². The molecular weight excluding hydrogens is 319 g/mol. The van der Waals surface area contributed by atoms with E-state index in [4.69, 9.17) is 16.3 Å². The Morgan fingerprint density at radius 3 is 2.71 bits per heavy atom. The third kappa shape index (κ3) is 5.52. The summed E-state index contributed by atoms with van der Waals surface area (Å²) >= 11 is 5.86. The molecule has 0 heterocycles. The lowest BCUT2D eigenvalue weighted by atomic mass is 10.2. The van der Waals surface area contributed by atoms with Crippen LogP contribution in [0.4, 0.5) is 4.39 Å². The maximum absolute atomic E-state index is 14.2. The van der Waals surface area contributed by atoms with Crippen molar-refractivity contribution < 1.29 is 17.5 Å². The number of halogens is 2. The summed E-state index contributed by atoms with van der Waals surface area (Å²) in [5, 5.41) is 2.94. The van der Waals surface area contributed by atoms with Gasteiger partial charge >= 0.3 is 0 Å². The maximum atomic E-state index is 14.2. The molecule has 1 aromatic carbocycles. The monoisotopic (exact) mass is 338 g/mol. The lowest BCUT2D eigenvalue weighted by Gasteiger charge is -2.11. The largest absolute Gasteiger partial charge is 0.382 e. The normalized spacial score (nSPS) is 11.8. The van der Waals surface area contributed by atoms with Crippen LogP contribution in [0, 0.1) is 5.82 Å². The van der Waals surface area contributed by atoms with Gasteiger partial charge in [0.2, 0.25) is 10.0 Å². The van der Waals surface area contributed by atoms with E-state index in [-0.39, 0.29) is 23.7 Å². The molecule has 8 heteroatoms. The van der Waals surface area contributed by atoms with Gasteiger partial charge in [0.1, 0.15) is 10.7 Å².